The van der Waals surface area contributed by atoms with Crippen molar-refractivity contribution in [2.24, 2.45) is 0 Å². The number of hydrogen-bond acceptors (Lipinski definition) is 8. The minimum absolute atomic E-state index is 0.284. The van der Waals surface area contributed by atoms with E-state index < -0.39 is 63.5 Å². The maximum Gasteiger partial charge on any atom is 0.336 e. The lowest BCUT2D eigenvalue weighted by Crippen LogP contribution is -2.48. The molecule has 0 spiro atoms. The molecule has 12 nitrogen and oxygen atoms in total. The van der Waals surface area contributed by atoms with Gasteiger partial charge < -0.3 is 25.2 Å². The number of likely N-dealkylation sites (N-methyl/N-ethyl adjacent to an activating group) is 1. The van der Waals surface area contributed by atoms with Gasteiger partial charge in [-0.3, -0.25) is 14.5 Å². The van der Waals surface area contributed by atoms with Crippen molar-refractivity contribution in [3.8, 4) is 5.75 Å². The highest BCUT2D eigenvalue weighted by Crippen LogP contribution is 2.28. The van der Waals surface area contributed by atoms with Crippen LogP contribution in [0.1, 0.15) is 30.6 Å². The number of nitrogens with one attached hydrogen (secondary N) is 1. The first-order valence-electron chi connectivity index (χ1n) is 11.5. The molecule has 3 rings (SSSR count). The number of hydrogen-bond donors (Lipinski definition) is 3. The maximum absolute atomic E-state index is 13.0. The molecule has 1 aliphatic rings. The molecule has 2 aromatic carbocycles. The number of amides is 4. The largest absolute Gasteiger partial charge is 0.497 e. The molecule has 0 saturated carbocycles. The number of carboxylic acid groups (broad SMARTS) is 1. The molecule has 1 saturated heterocycles. The number of anilines is 1. The SMILES string of the molecule is COc1ccc(C(=O)Nc2ccc(S(=O)(=O)CC(O)(CCN3C(=O)N(C)C(C)(C)C3=O)C(=O)O)cc2)cc1. The molecular weight excluding hydrogens is 518 g/mol. The number of ether oxygens (including phenoxy) is 1. The van der Waals surface area contributed by atoms with Gasteiger partial charge in [-0.1, -0.05) is 0 Å². The van der Waals surface area contributed by atoms with E-state index in [0.29, 0.717) is 11.3 Å². The van der Waals surface area contributed by atoms with Crippen LogP contribution >= 0.6 is 0 Å². The highest BCUT2D eigenvalue weighted by molar-refractivity contribution is 7.91. The molecule has 1 aliphatic heterocycles. The van der Waals surface area contributed by atoms with Gasteiger partial charge >= 0.3 is 12.0 Å². The molecule has 204 valence electrons. The molecule has 0 bridgehead atoms. The van der Waals surface area contributed by atoms with Crippen molar-refractivity contribution in [2.75, 3.05) is 31.8 Å². The number of rotatable bonds is 10. The van der Waals surface area contributed by atoms with Crippen LogP contribution in [-0.2, 0) is 19.4 Å². The molecule has 3 N–H and O–H groups in total. The zero-order valence-electron chi connectivity index (χ0n) is 21.3. The van der Waals surface area contributed by atoms with Crippen molar-refractivity contribution in [3.05, 3.63) is 54.1 Å². The summed E-state index contributed by atoms with van der Waals surface area (Å²) in [5, 5.41) is 23.0. The van der Waals surface area contributed by atoms with Gasteiger partial charge in [0.15, 0.2) is 15.4 Å². The van der Waals surface area contributed by atoms with Crippen molar-refractivity contribution in [3.63, 3.8) is 0 Å². The van der Waals surface area contributed by atoms with E-state index in [1.165, 1.54) is 57.2 Å². The highest BCUT2D eigenvalue weighted by atomic mass is 32.2. The quantitative estimate of drug-likeness (QED) is 0.374. The fraction of sp³-hybridized carbons (Fsp3) is 0.360. The van der Waals surface area contributed by atoms with Gasteiger partial charge in [0.05, 0.1) is 17.8 Å². The van der Waals surface area contributed by atoms with Crippen LogP contribution < -0.4 is 10.1 Å². The Labute approximate surface area is 219 Å². The Balaban J connectivity index is 1.71. The summed E-state index contributed by atoms with van der Waals surface area (Å²) < 4.78 is 31.0. The number of nitrogens with zero attached hydrogens (tertiary/aromatic N) is 2. The second kappa shape index (κ2) is 10.4. The van der Waals surface area contributed by atoms with Gasteiger partial charge in [0, 0.05) is 31.3 Å². The van der Waals surface area contributed by atoms with Gasteiger partial charge in [-0.15, -0.1) is 0 Å². The summed E-state index contributed by atoms with van der Waals surface area (Å²) in [4.78, 5) is 50.9. The van der Waals surface area contributed by atoms with Crippen molar-refractivity contribution in [1.82, 2.24) is 9.80 Å². The lowest BCUT2D eigenvalue weighted by Gasteiger charge is -2.25. The van der Waals surface area contributed by atoms with Gasteiger partial charge in [-0.25, -0.2) is 18.0 Å². The van der Waals surface area contributed by atoms with Gasteiger partial charge in [0.2, 0.25) is 0 Å². The number of carboxylic acids is 1. The van der Waals surface area contributed by atoms with E-state index in [0.717, 1.165) is 4.90 Å². The standard InChI is InChI=1S/C25H29N3O9S/c1-24(2)21(30)28(23(33)27(24)3)14-13-25(34,22(31)32)15-38(35,36)19-11-7-17(8-12-19)26-20(29)16-5-9-18(37-4)10-6-16/h5-12,34H,13-15H2,1-4H3,(H,26,29)(H,31,32). The average molecular weight is 548 g/mol. The monoisotopic (exact) mass is 547 g/mol. The number of imide groups is 1. The van der Waals surface area contributed by atoms with Crippen LogP contribution in [0.2, 0.25) is 0 Å². The second-order valence-electron chi connectivity index (χ2n) is 9.41. The molecule has 0 radical (unpaired) electrons. The minimum atomic E-state index is -4.33. The van der Waals surface area contributed by atoms with E-state index in [2.05, 4.69) is 5.32 Å². The first kappa shape index (κ1) is 28.6. The minimum Gasteiger partial charge on any atom is -0.497 e. The predicted octanol–water partition coefficient (Wildman–Crippen LogP) is 1.60. The number of carbonyl (C=O) groups is 4. The predicted molar refractivity (Wildman–Crippen MR) is 136 cm³/mol. The fourth-order valence-corrected chi connectivity index (χ4v) is 5.42. The second-order valence-corrected chi connectivity index (χ2v) is 11.4. The Kier molecular flexibility index (Phi) is 7.84. The molecule has 13 heteroatoms. The van der Waals surface area contributed by atoms with Crippen LogP contribution in [0.5, 0.6) is 5.75 Å². The molecule has 1 unspecified atom stereocenters. The van der Waals surface area contributed by atoms with Crippen LogP contribution in [-0.4, -0.2) is 89.8 Å². The summed E-state index contributed by atoms with van der Waals surface area (Å²) in [6, 6.07) is 10.7. The number of carbonyl (C=O) groups excluding carboxylic acids is 3. The number of urea groups is 1. The van der Waals surface area contributed by atoms with Crippen LogP contribution in [0.25, 0.3) is 0 Å². The number of aliphatic hydroxyl groups is 1. The van der Waals surface area contributed by atoms with E-state index in [-0.39, 0.29) is 10.6 Å². The van der Waals surface area contributed by atoms with Crippen LogP contribution in [0.3, 0.4) is 0 Å². The zero-order chi connectivity index (χ0) is 28.5. The lowest BCUT2D eigenvalue weighted by atomic mass is 10.0. The van der Waals surface area contributed by atoms with E-state index >= 15 is 0 Å². The average Bonchev–Trinajstić information content (AvgIpc) is 3.01. The molecule has 0 aromatic heterocycles. The summed E-state index contributed by atoms with van der Waals surface area (Å²) in [5.41, 5.74) is -3.30. The Hall–Kier alpha value is -3.97. The summed E-state index contributed by atoms with van der Waals surface area (Å²) in [6.07, 6.45) is -0.695. The Morgan fingerprint density at radius 3 is 2.11 bits per heavy atom. The molecule has 0 aliphatic carbocycles. The maximum atomic E-state index is 13.0. The first-order chi connectivity index (χ1) is 17.6. The summed E-state index contributed by atoms with van der Waals surface area (Å²) in [7, 11) is -1.42. The lowest BCUT2D eigenvalue weighted by molar-refractivity contribution is -0.157. The van der Waals surface area contributed by atoms with Gasteiger partial charge in [0.25, 0.3) is 11.8 Å². The van der Waals surface area contributed by atoms with Crippen LogP contribution in [0.4, 0.5) is 10.5 Å². The van der Waals surface area contributed by atoms with E-state index in [1.807, 2.05) is 0 Å². The Morgan fingerprint density at radius 2 is 1.63 bits per heavy atom. The van der Waals surface area contributed by atoms with E-state index in [4.69, 9.17) is 4.74 Å². The Morgan fingerprint density at radius 1 is 1.05 bits per heavy atom. The third-order valence-corrected chi connectivity index (χ3v) is 8.37. The third kappa shape index (κ3) is 5.63. The fourth-order valence-electron chi connectivity index (χ4n) is 3.80. The summed E-state index contributed by atoms with van der Waals surface area (Å²) >= 11 is 0. The molecule has 1 heterocycles. The highest BCUT2D eigenvalue weighted by Gasteiger charge is 2.50. The number of sulfone groups is 1. The van der Waals surface area contributed by atoms with Crippen molar-refractivity contribution in [1.29, 1.82) is 0 Å². The normalized spacial score (nSPS) is 16.8. The molecule has 2 aromatic rings. The number of aliphatic carboxylic acids is 1. The number of methoxy groups -OCH3 is 1. The molecule has 38 heavy (non-hydrogen) atoms. The van der Waals surface area contributed by atoms with Gasteiger partial charge in [-0.2, -0.15) is 0 Å². The van der Waals surface area contributed by atoms with Crippen molar-refractivity contribution in [2.45, 2.75) is 36.3 Å². The molecule has 1 atom stereocenters. The Bertz CT molecular complexity index is 1360. The van der Waals surface area contributed by atoms with Crippen LogP contribution in [0.15, 0.2) is 53.4 Å². The van der Waals surface area contributed by atoms with E-state index in [9.17, 15) is 37.8 Å². The van der Waals surface area contributed by atoms with Gasteiger partial charge in [0.1, 0.15) is 11.3 Å². The number of benzene rings is 2. The smallest absolute Gasteiger partial charge is 0.336 e. The summed E-state index contributed by atoms with van der Waals surface area (Å²) in [5.74, 6) is -3.46. The molecule has 1 fully saturated rings. The van der Waals surface area contributed by atoms with Crippen molar-refractivity contribution >= 4 is 39.3 Å². The first-order valence-corrected chi connectivity index (χ1v) is 13.1. The molecular formula is C25H29N3O9S. The van der Waals surface area contributed by atoms with E-state index in [1.54, 1.807) is 24.3 Å². The zero-order valence-corrected chi connectivity index (χ0v) is 22.1. The van der Waals surface area contributed by atoms with Gasteiger partial charge in [-0.05, 0) is 62.4 Å². The third-order valence-electron chi connectivity index (χ3n) is 6.52. The van der Waals surface area contributed by atoms with Crippen LogP contribution in [0, 0.1) is 0 Å². The van der Waals surface area contributed by atoms with Crippen molar-refractivity contribution < 1.29 is 42.5 Å². The topological polar surface area (TPSA) is 171 Å². The summed E-state index contributed by atoms with van der Waals surface area (Å²) in [6.45, 7) is 2.55. The molecule has 4 amide bonds.